The third-order valence-electron chi connectivity index (χ3n) is 4.52. The van der Waals surface area contributed by atoms with Gasteiger partial charge in [0, 0.05) is 4.70 Å². The standard InChI is InChI=1S/C22H19N3O3S/c1-14-21(15(2)25(24-14)17-9-4-3-5-10-17)23-20(26)13-28-22(27)19-12-16-8-6-7-11-18(16)29-19/h3-12H,13H2,1-2H3,(H,23,26). The van der Waals surface area contributed by atoms with Crippen LogP contribution in [0, 0.1) is 13.8 Å². The number of carbonyl (C=O) groups is 2. The van der Waals surface area contributed by atoms with Gasteiger partial charge in [0.25, 0.3) is 5.91 Å². The van der Waals surface area contributed by atoms with Gasteiger partial charge in [-0.05, 0) is 43.5 Å². The number of para-hydroxylation sites is 1. The maximum atomic E-state index is 12.3. The maximum Gasteiger partial charge on any atom is 0.348 e. The van der Waals surface area contributed by atoms with Crippen molar-refractivity contribution < 1.29 is 14.3 Å². The van der Waals surface area contributed by atoms with Gasteiger partial charge in [-0.25, -0.2) is 9.48 Å². The molecule has 4 rings (SSSR count). The molecule has 0 bridgehead atoms. The Labute approximate surface area is 171 Å². The van der Waals surface area contributed by atoms with Gasteiger partial charge in [-0.1, -0.05) is 36.4 Å². The van der Waals surface area contributed by atoms with E-state index >= 15 is 0 Å². The number of benzene rings is 2. The van der Waals surface area contributed by atoms with Crippen molar-refractivity contribution in [3.63, 3.8) is 0 Å². The number of rotatable bonds is 5. The van der Waals surface area contributed by atoms with Crippen LogP contribution in [0.2, 0.25) is 0 Å². The average molecular weight is 405 g/mol. The molecule has 0 aliphatic rings. The number of aryl methyl sites for hydroxylation is 1. The number of aromatic nitrogens is 2. The molecule has 2 aromatic carbocycles. The van der Waals surface area contributed by atoms with E-state index in [1.807, 2.05) is 68.4 Å². The third-order valence-corrected chi connectivity index (χ3v) is 5.61. The minimum absolute atomic E-state index is 0.359. The molecule has 2 aromatic heterocycles. The summed E-state index contributed by atoms with van der Waals surface area (Å²) in [5.41, 5.74) is 3.02. The summed E-state index contributed by atoms with van der Waals surface area (Å²) in [6.45, 7) is 3.35. The Morgan fingerprint density at radius 1 is 1.07 bits per heavy atom. The van der Waals surface area contributed by atoms with Crippen molar-refractivity contribution in [2.75, 3.05) is 11.9 Å². The fourth-order valence-electron chi connectivity index (χ4n) is 3.10. The molecule has 6 nitrogen and oxygen atoms in total. The van der Waals surface area contributed by atoms with Crippen LogP contribution in [-0.4, -0.2) is 28.3 Å². The normalized spacial score (nSPS) is 10.8. The molecule has 0 unspecified atom stereocenters. The number of hydrogen-bond donors (Lipinski definition) is 1. The first kappa shape index (κ1) is 18.9. The number of ether oxygens (including phenoxy) is 1. The Hall–Kier alpha value is -3.45. The first-order chi connectivity index (χ1) is 14.0. The molecule has 0 aliphatic heterocycles. The smallest absolute Gasteiger partial charge is 0.348 e. The molecule has 1 amide bonds. The summed E-state index contributed by atoms with van der Waals surface area (Å²) >= 11 is 1.35. The number of fused-ring (bicyclic) bond motifs is 1. The molecule has 29 heavy (non-hydrogen) atoms. The summed E-state index contributed by atoms with van der Waals surface area (Å²) in [6.07, 6.45) is 0. The minimum Gasteiger partial charge on any atom is -0.451 e. The van der Waals surface area contributed by atoms with Crippen LogP contribution in [0.15, 0.2) is 60.7 Å². The van der Waals surface area contributed by atoms with Crippen LogP contribution in [0.3, 0.4) is 0 Å². The van der Waals surface area contributed by atoms with Crippen molar-refractivity contribution in [1.82, 2.24) is 9.78 Å². The molecule has 146 valence electrons. The Morgan fingerprint density at radius 2 is 1.79 bits per heavy atom. The van der Waals surface area contributed by atoms with Gasteiger partial charge in [-0.15, -0.1) is 11.3 Å². The van der Waals surface area contributed by atoms with E-state index < -0.39 is 11.9 Å². The summed E-state index contributed by atoms with van der Waals surface area (Å²) in [7, 11) is 0. The lowest BCUT2D eigenvalue weighted by atomic mass is 10.2. The lowest BCUT2D eigenvalue weighted by Crippen LogP contribution is -2.21. The van der Waals surface area contributed by atoms with Gasteiger partial charge in [-0.2, -0.15) is 5.10 Å². The Bertz CT molecular complexity index is 1160. The number of nitrogens with one attached hydrogen (secondary N) is 1. The lowest BCUT2D eigenvalue weighted by Gasteiger charge is -2.07. The molecule has 0 saturated heterocycles. The SMILES string of the molecule is Cc1nn(-c2ccccc2)c(C)c1NC(=O)COC(=O)c1cc2ccccc2s1. The lowest BCUT2D eigenvalue weighted by molar-refractivity contribution is -0.119. The molecule has 0 saturated carbocycles. The van der Waals surface area contributed by atoms with Gasteiger partial charge < -0.3 is 10.1 Å². The number of esters is 1. The first-order valence-corrected chi connectivity index (χ1v) is 9.92. The van der Waals surface area contributed by atoms with E-state index in [-0.39, 0.29) is 6.61 Å². The number of anilines is 1. The van der Waals surface area contributed by atoms with Crippen LogP contribution in [0.5, 0.6) is 0 Å². The molecule has 0 aliphatic carbocycles. The average Bonchev–Trinajstić information content (AvgIpc) is 3.29. The van der Waals surface area contributed by atoms with Crippen LogP contribution in [0.4, 0.5) is 5.69 Å². The van der Waals surface area contributed by atoms with Crippen LogP contribution < -0.4 is 5.32 Å². The molecule has 0 fully saturated rings. The Morgan fingerprint density at radius 3 is 2.55 bits per heavy atom. The number of nitrogens with zero attached hydrogens (tertiary/aromatic N) is 2. The first-order valence-electron chi connectivity index (χ1n) is 9.10. The largest absolute Gasteiger partial charge is 0.451 e. The quantitative estimate of drug-likeness (QED) is 0.496. The highest BCUT2D eigenvalue weighted by molar-refractivity contribution is 7.20. The zero-order valence-electron chi connectivity index (χ0n) is 16.0. The van der Waals surface area contributed by atoms with E-state index in [0.717, 1.165) is 21.5 Å². The summed E-state index contributed by atoms with van der Waals surface area (Å²) in [6, 6.07) is 19.2. The van der Waals surface area contributed by atoms with Crippen molar-refractivity contribution in [2.24, 2.45) is 0 Å². The van der Waals surface area contributed by atoms with Crippen LogP contribution in [0.1, 0.15) is 21.1 Å². The van der Waals surface area contributed by atoms with Gasteiger partial charge >= 0.3 is 5.97 Å². The summed E-state index contributed by atoms with van der Waals surface area (Å²) in [4.78, 5) is 25.1. The molecule has 1 N–H and O–H groups in total. The predicted molar refractivity (Wildman–Crippen MR) is 114 cm³/mol. The summed E-state index contributed by atoms with van der Waals surface area (Å²) in [5.74, 6) is -0.909. The highest BCUT2D eigenvalue weighted by Crippen LogP contribution is 2.26. The Kier molecular flexibility index (Phi) is 5.14. The van der Waals surface area contributed by atoms with Crippen molar-refractivity contribution >= 4 is 39.0 Å². The molecule has 4 aromatic rings. The van der Waals surface area contributed by atoms with Gasteiger partial charge in [-0.3, -0.25) is 4.79 Å². The van der Waals surface area contributed by atoms with Gasteiger partial charge in [0.05, 0.1) is 22.8 Å². The number of hydrogen-bond acceptors (Lipinski definition) is 5. The third kappa shape index (κ3) is 3.90. The number of amides is 1. The Balaban J connectivity index is 1.42. The van der Waals surface area contributed by atoms with Crippen molar-refractivity contribution in [1.29, 1.82) is 0 Å². The van der Waals surface area contributed by atoms with Gasteiger partial charge in [0.1, 0.15) is 4.88 Å². The molecular formula is C22H19N3O3S. The second kappa shape index (κ2) is 7.89. The van der Waals surface area contributed by atoms with E-state index in [0.29, 0.717) is 16.3 Å². The fourth-order valence-corrected chi connectivity index (χ4v) is 4.06. The van der Waals surface area contributed by atoms with Crippen molar-refractivity contribution in [3.05, 3.63) is 76.9 Å². The van der Waals surface area contributed by atoms with E-state index in [2.05, 4.69) is 10.4 Å². The molecular weight excluding hydrogens is 386 g/mol. The second-order valence-electron chi connectivity index (χ2n) is 6.57. The van der Waals surface area contributed by atoms with E-state index in [1.165, 1.54) is 11.3 Å². The fraction of sp³-hybridized carbons (Fsp3) is 0.136. The number of thiophene rings is 1. The summed E-state index contributed by atoms with van der Waals surface area (Å²) < 4.78 is 7.97. The van der Waals surface area contributed by atoms with Crippen LogP contribution >= 0.6 is 11.3 Å². The van der Waals surface area contributed by atoms with Gasteiger partial charge in [0.2, 0.25) is 0 Å². The maximum absolute atomic E-state index is 12.3. The second-order valence-corrected chi connectivity index (χ2v) is 7.65. The molecule has 0 atom stereocenters. The zero-order valence-corrected chi connectivity index (χ0v) is 16.8. The molecule has 0 radical (unpaired) electrons. The molecule has 0 spiro atoms. The number of carbonyl (C=O) groups excluding carboxylic acids is 2. The molecule has 7 heteroatoms. The summed E-state index contributed by atoms with van der Waals surface area (Å²) in [5, 5.41) is 8.28. The van der Waals surface area contributed by atoms with Gasteiger partial charge in [0.15, 0.2) is 6.61 Å². The monoisotopic (exact) mass is 405 g/mol. The highest BCUT2D eigenvalue weighted by atomic mass is 32.1. The predicted octanol–water partition coefficient (Wildman–Crippen LogP) is 4.50. The van der Waals surface area contributed by atoms with E-state index in [1.54, 1.807) is 10.7 Å². The minimum atomic E-state index is -0.505. The van der Waals surface area contributed by atoms with E-state index in [9.17, 15) is 9.59 Å². The molecule has 2 heterocycles. The topological polar surface area (TPSA) is 73.2 Å². The zero-order chi connectivity index (χ0) is 20.4. The highest BCUT2D eigenvalue weighted by Gasteiger charge is 2.17. The van der Waals surface area contributed by atoms with Crippen molar-refractivity contribution in [3.8, 4) is 5.69 Å². The van der Waals surface area contributed by atoms with Crippen LogP contribution in [-0.2, 0) is 9.53 Å². The van der Waals surface area contributed by atoms with Crippen LogP contribution in [0.25, 0.3) is 15.8 Å². The van der Waals surface area contributed by atoms with E-state index in [4.69, 9.17) is 4.74 Å². The van der Waals surface area contributed by atoms with Crippen molar-refractivity contribution in [2.45, 2.75) is 13.8 Å².